The normalized spacial score (nSPS) is 16.3. The van der Waals surface area contributed by atoms with Crippen molar-refractivity contribution in [2.45, 2.75) is 136 Å². The fourth-order valence-electron chi connectivity index (χ4n) is 4.84. The first kappa shape index (κ1) is 44.4. The quantitative estimate of drug-likeness (QED) is 0.0467. The maximum Gasteiger partial charge on any atom is 0.199 e. The lowest BCUT2D eigenvalue weighted by molar-refractivity contribution is 0.0413. The van der Waals surface area contributed by atoms with E-state index in [1.165, 1.54) is 0 Å². The second-order valence-electron chi connectivity index (χ2n) is 16.4. The number of methoxy groups -OCH3 is 2. The van der Waals surface area contributed by atoms with Gasteiger partial charge < -0.3 is 27.5 Å². The van der Waals surface area contributed by atoms with Gasteiger partial charge in [-0.15, -0.1) is 5.92 Å². The molecule has 284 valence electrons. The molecule has 0 aliphatic carbocycles. The Morgan fingerprint density at radius 3 is 2.08 bits per heavy atom. The second-order valence-corrected chi connectivity index (χ2v) is 25.9. The van der Waals surface area contributed by atoms with Crippen LogP contribution in [0.2, 0.25) is 36.3 Å². The van der Waals surface area contributed by atoms with Gasteiger partial charge in [0.25, 0.3) is 0 Å². The molecule has 2 aromatic rings. The number of aromatic nitrogens is 1. The van der Waals surface area contributed by atoms with Gasteiger partial charge in [0.2, 0.25) is 0 Å². The highest BCUT2D eigenvalue weighted by Crippen LogP contribution is 2.39. The van der Waals surface area contributed by atoms with E-state index < -0.39 is 16.6 Å². The summed E-state index contributed by atoms with van der Waals surface area (Å²) in [6.45, 7) is 29.7. The third-order valence-electron chi connectivity index (χ3n) is 10.3. The van der Waals surface area contributed by atoms with Gasteiger partial charge in [0, 0.05) is 19.4 Å². The number of oxazole rings is 1. The summed E-state index contributed by atoms with van der Waals surface area (Å²) in [6.07, 6.45) is 14.2. The van der Waals surface area contributed by atoms with Crippen molar-refractivity contribution in [2.75, 3.05) is 20.8 Å². The van der Waals surface area contributed by atoms with E-state index in [1.807, 2.05) is 49.4 Å². The molecule has 2 rings (SSSR count). The number of hydrogen-bond acceptors (Lipinski definition) is 7. The minimum atomic E-state index is -2.08. The van der Waals surface area contributed by atoms with Gasteiger partial charge in [0.05, 0.1) is 44.6 Å². The van der Waals surface area contributed by atoms with Crippen LogP contribution in [0.4, 0.5) is 0 Å². The average Bonchev–Trinajstić information content (AvgIpc) is 3.52. The molecular formula is C42H67NO6Si2. The van der Waals surface area contributed by atoms with Crippen LogP contribution in [0.1, 0.15) is 91.8 Å². The molecule has 7 nitrogen and oxygen atoms in total. The molecule has 0 radical (unpaired) electrons. The van der Waals surface area contributed by atoms with Crippen LogP contribution in [0.25, 0.3) is 6.08 Å². The monoisotopic (exact) mass is 737 g/mol. The minimum absolute atomic E-state index is 0.0642. The third kappa shape index (κ3) is 14.3. The second kappa shape index (κ2) is 19.9. The van der Waals surface area contributed by atoms with Gasteiger partial charge in [0.1, 0.15) is 17.7 Å². The molecule has 0 spiro atoms. The van der Waals surface area contributed by atoms with Crippen LogP contribution in [0, 0.1) is 17.8 Å². The molecule has 51 heavy (non-hydrogen) atoms. The fraction of sp³-hybridized carbons (Fsp3) is 0.595. The van der Waals surface area contributed by atoms with Gasteiger partial charge >= 0.3 is 0 Å². The number of benzene rings is 1. The molecule has 9 heteroatoms. The summed E-state index contributed by atoms with van der Waals surface area (Å²) in [5.74, 6) is 7.80. The Kier molecular flexibility index (Phi) is 17.4. The zero-order chi connectivity index (χ0) is 38.5. The van der Waals surface area contributed by atoms with Crippen LogP contribution in [-0.2, 0) is 24.9 Å². The number of hydrogen-bond donors (Lipinski definition) is 0. The first-order valence-electron chi connectivity index (χ1n) is 18.2. The Morgan fingerprint density at radius 2 is 1.51 bits per heavy atom. The van der Waals surface area contributed by atoms with Crippen molar-refractivity contribution < 1.29 is 27.5 Å². The van der Waals surface area contributed by atoms with Crippen molar-refractivity contribution >= 4 is 22.7 Å². The molecule has 0 aliphatic rings. The van der Waals surface area contributed by atoms with E-state index in [0.717, 1.165) is 17.0 Å². The van der Waals surface area contributed by atoms with Gasteiger partial charge in [-0.3, -0.25) is 0 Å². The highest BCUT2D eigenvalue weighted by molar-refractivity contribution is 6.74. The van der Waals surface area contributed by atoms with Crippen LogP contribution < -0.4 is 4.74 Å². The van der Waals surface area contributed by atoms with E-state index in [4.69, 9.17) is 32.5 Å². The van der Waals surface area contributed by atoms with Gasteiger partial charge in [0.15, 0.2) is 22.5 Å². The molecular weight excluding hydrogens is 671 g/mol. The first-order valence-corrected chi connectivity index (χ1v) is 24.0. The zero-order valence-electron chi connectivity index (χ0n) is 34.3. The van der Waals surface area contributed by atoms with E-state index in [2.05, 4.69) is 112 Å². The molecule has 0 unspecified atom stereocenters. The van der Waals surface area contributed by atoms with E-state index in [-0.39, 0.29) is 40.2 Å². The molecule has 0 N–H and O–H groups in total. The van der Waals surface area contributed by atoms with Crippen LogP contribution >= 0.6 is 0 Å². The largest absolute Gasteiger partial charge is 0.497 e. The van der Waals surface area contributed by atoms with Crippen molar-refractivity contribution in [1.82, 2.24) is 4.98 Å². The zero-order valence-corrected chi connectivity index (χ0v) is 36.3. The van der Waals surface area contributed by atoms with Crippen molar-refractivity contribution in [2.24, 2.45) is 5.92 Å². The lowest BCUT2D eigenvalue weighted by Crippen LogP contribution is -2.44. The van der Waals surface area contributed by atoms with E-state index in [1.54, 1.807) is 20.5 Å². The summed E-state index contributed by atoms with van der Waals surface area (Å²) in [6, 6.07) is 7.92. The molecule has 0 aliphatic heterocycles. The maximum atomic E-state index is 6.90. The number of ether oxygens (including phenoxy) is 3. The number of allylic oxidation sites excluding steroid dienone is 2. The molecule has 1 heterocycles. The van der Waals surface area contributed by atoms with Crippen LogP contribution in [0.3, 0.4) is 0 Å². The summed E-state index contributed by atoms with van der Waals surface area (Å²) in [5, 5.41) is 0.177. The average molecular weight is 738 g/mol. The van der Waals surface area contributed by atoms with Gasteiger partial charge in [-0.1, -0.05) is 96.9 Å². The Labute approximate surface area is 312 Å². The van der Waals surface area contributed by atoms with Crippen molar-refractivity contribution in [3.8, 4) is 17.6 Å². The van der Waals surface area contributed by atoms with Gasteiger partial charge in [-0.25, -0.2) is 4.98 Å². The van der Waals surface area contributed by atoms with Crippen molar-refractivity contribution in [3.63, 3.8) is 0 Å². The molecule has 1 aromatic carbocycles. The van der Waals surface area contributed by atoms with Gasteiger partial charge in [-0.2, -0.15) is 0 Å². The van der Waals surface area contributed by atoms with E-state index >= 15 is 0 Å². The summed E-state index contributed by atoms with van der Waals surface area (Å²) in [4.78, 5) is 4.81. The topological polar surface area (TPSA) is 72.2 Å². The van der Waals surface area contributed by atoms with Crippen LogP contribution in [0.5, 0.6) is 5.75 Å². The summed E-state index contributed by atoms with van der Waals surface area (Å²) >= 11 is 0. The first-order chi connectivity index (χ1) is 23.7. The Balaban J connectivity index is 2.15. The molecule has 0 amide bonds. The van der Waals surface area contributed by atoms with E-state index in [9.17, 15) is 0 Å². The summed E-state index contributed by atoms with van der Waals surface area (Å²) < 4.78 is 36.9. The predicted octanol–water partition coefficient (Wildman–Crippen LogP) is 11.0. The summed E-state index contributed by atoms with van der Waals surface area (Å²) in [5.41, 5.74) is 1.85. The third-order valence-corrected chi connectivity index (χ3v) is 19.3. The molecule has 0 fully saturated rings. The standard InChI is InChI=1S/C42H67NO6Si2/c1-16-20-32(2)38(49-51(14,15)42(7,8)9)23-18-17-21-35-31-47-40(43-35)33(3)39(45-11)29-37(48-50(12,13)41(4,5)6)22-19-28-46-30-34-24-26-36(44-10)27-25-34/h17-19,21-27,31-33,37-39H,28-30H2,1-15H3/b21-17+,22-19+,23-18-/t32-,33-,37+,38+,39-/m1/s1. The lowest BCUT2D eigenvalue weighted by atomic mass is 9.98. The molecule has 0 saturated carbocycles. The fourth-order valence-corrected chi connectivity index (χ4v) is 7.44. The Hall–Kier alpha value is -2.72. The predicted molar refractivity (Wildman–Crippen MR) is 217 cm³/mol. The lowest BCUT2D eigenvalue weighted by Gasteiger charge is -2.39. The molecule has 0 saturated heterocycles. The van der Waals surface area contributed by atoms with Crippen LogP contribution in [-0.4, -0.2) is 60.8 Å². The summed E-state index contributed by atoms with van der Waals surface area (Å²) in [7, 11) is -0.640. The van der Waals surface area contributed by atoms with Crippen molar-refractivity contribution in [1.29, 1.82) is 0 Å². The molecule has 0 bridgehead atoms. The molecule has 1 aromatic heterocycles. The highest BCUT2D eigenvalue weighted by Gasteiger charge is 2.40. The number of nitrogens with zero attached hydrogens (tertiary/aromatic N) is 1. The van der Waals surface area contributed by atoms with Gasteiger partial charge in [-0.05, 0) is 73.9 Å². The maximum absolute atomic E-state index is 6.90. The smallest absolute Gasteiger partial charge is 0.199 e. The SMILES string of the molecule is CC#C[C@@H](C)[C@H](/C=C\C=C\c1coc([C@H](C)[C@@H](C[C@H](/C=C/COCc2ccc(OC)cc2)O[Si](C)(C)C(C)(C)C)OC)n1)O[Si](C)(C)C(C)(C)C. The van der Waals surface area contributed by atoms with Crippen LogP contribution in [0.15, 0.2) is 65.3 Å². The van der Waals surface area contributed by atoms with E-state index in [0.29, 0.717) is 25.5 Å². The number of rotatable bonds is 19. The van der Waals surface area contributed by atoms with Crippen molar-refractivity contribution in [3.05, 3.63) is 78.1 Å². The Bertz CT molecular complexity index is 1470. The minimum Gasteiger partial charge on any atom is -0.497 e. The molecule has 5 atom stereocenters. The highest BCUT2D eigenvalue weighted by atomic mass is 28.4. The Morgan fingerprint density at radius 1 is 0.882 bits per heavy atom.